The molecule has 71 heavy (non-hydrogen) atoms. The largest absolute Gasteiger partial charge is 0.314 e. The Bertz CT molecular complexity index is 3530. The van der Waals surface area contributed by atoms with Gasteiger partial charge in [-0.25, -0.2) is 0 Å². The van der Waals surface area contributed by atoms with Crippen LogP contribution in [-0.4, -0.2) is 0 Å². The molecular weight excluding hydrogens is 861 g/mol. The molecule has 0 N–H and O–H groups in total. The van der Waals surface area contributed by atoms with Gasteiger partial charge in [0.2, 0.25) is 0 Å². The highest BCUT2D eigenvalue weighted by Crippen LogP contribution is 2.45. The molecule has 12 rings (SSSR count). The lowest BCUT2D eigenvalue weighted by Crippen LogP contribution is -2.27. The maximum atomic E-state index is 2.46. The maximum Gasteiger partial charge on any atom is 0.0468 e. The Kier molecular flexibility index (Phi) is 11.6. The Morgan fingerprint density at radius 2 is 0.535 bits per heavy atom. The molecule has 11 aromatic carbocycles. The fourth-order valence-corrected chi connectivity index (χ4v) is 10.3. The fraction of sp³-hybridized carbons (Fsp3) is 0.0448. The standard InChI is InChI=1S/C67H52N4/c1-49-45-63(70(58-27-9-4-10-28-58)66-34-31-52-19-13-16-22-55(52)48-66)43-44-67(49)71(61-39-35-59(36-40-61)68(56-23-5-2-6-24-56)64-32-29-50-17-11-14-20-53(50)46-64)62-41-37-60(38-42-62)69(57-25-7-3-8-26-57)65-33-30-51-18-12-15-21-54(51)47-65/h2-44,46-49H,45H2,1H3. The van der Waals surface area contributed by atoms with E-state index in [-0.39, 0.29) is 5.92 Å². The Balaban J connectivity index is 0.970. The first kappa shape index (κ1) is 43.2. The normalized spacial score (nSPS) is 13.4. The summed E-state index contributed by atoms with van der Waals surface area (Å²) < 4.78 is 0. The third kappa shape index (κ3) is 8.69. The number of rotatable bonds is 12. The molecule has 0 saturated carbocycles. The summed E-state index contributed by atoms with van der Waals surface area (Å²) >= 11 is 0. The van der Waals surface area contributed by atoms with Crippen LogP contribution in [0.15, 0.2) is 290 Å². The van der Waals surface area contributed by atoms with Gasteiger partial charge >= 0.3 is 0 Å². The van der Waals surface area contributed by atoms with Gasteiger partial charge in [-0.2, -0.15) is 0 Å². The zero-order chi connectivity index (χ0) is 47.5. The molecule has 0 spiro atoms. The highest BCUT2D eigenvalue weighted by Gasteiger charge is 2.27. The van der Waals surface area contributed by atoms with Crippen molar-refractivity contribution < 1.29 is 0 Å². The molecule has 0 aromatic heterocycles. The van der Waals surface area contributed by atoms with Gasteiger partial charge < -0.3 is 19.6 Å². The summed E-state index contributed by atoms with van der Waals surface area (Å²) in [4.78, 5) is 9.59. The lowest BCUT2D eigenvalue weighted by molar-refractivity contribution is 0.640. The minimum absolute atomic E-state index is 0.165. The second kappa shape index (κ2) is 19.1. The lowest BCUT2D eigenvalue weighted by atomic mass is 9.93. The maximum absolute atomic E-state index is 2.46. The molecule has 1 aliphatic carbocycles. The van der Waals surface area contributed by atoms with E-state index in [1.54, 1.807) is 0 Å². The number of allylic oxidation sites excluding steroid dienone is 4. The van der Waals surface area contributed by atoms with E-state index >= 15 is 0 Å². The van der Waals surface area contributed by atoms with Crippen LogP contribution in [-0.2, 0) is 0 Å². The quantitative estimate of drug-likeness (QED) is 0.121. The molecule has 0 aliphatic heterocycles. The summed E-state index contributed by atoms with van der Waals surface area (Å²) in [5, 5.41) is 7.32. The fourth-order valence-electron chi connectivity index (χ4n) is 10.3. The van der Waals surface area contributed by atoms with Crippen LogP contribution in [0.25, 0.3) is 32.3 Å². The minimum Gasteiger partial charge on any atom is -0.314 e. The van der Waals surface area contributed by atoms with Gasteiger partial charge in [-0.3, -0.25) is 0 Å². The van der Waals surface area contributed by atoms with E-state index in [0.717, 1.165) is 63.3 Å². The number of anilines is 10. The average molecular weight is 913 g/mol. The van der Waals surface area contributed by atoms with Crippen LogP contribution in [0.1, 0.15) is 13.3 Å². The Labute approximate surface area is 416 Å². The molecule has 0 fully saturated rings. The zero-order valence-corrected chi connectivity index (χ0v) is 39.6. The number of benzene rings is 11. The smallest absolute Gasteiger partial charge is 0.0468 e. The van der Waals surface area contributed by atoms with E-state index in [1.165, 1.54) is 43.7 Å². The van der Waals surface area contributed by atoms with Crippen molar-refractivity contribution >= 4 is 89.2 Å². The Hall–Kier alpha value is -9.12. The van der Waals surface area contributed by atoms with Gasteiger partial charge in [0.25, 0.3) is 0 Å². The molecule has 0 amide bonds. The van der Waals surface area contributed by atoms with Gasteiger partial charge in [0, 0.05) is 74.2 Å². The van der Waals surface area contributed by atoms with E-state index in [9.17, 15) is 0 Å². The number of hydrogen-bond donors (Lipinski definition) is 0. The summed E-state index contributed by atoms with van der Waals surface area (Å²) in [7, 11) is 0. The number of fused-ring (bicyclic) bond motifs is 3. The van der Waals surface area contributed by atoms with E-state index in [2.05, 4.69) is 306 Å². The summed E-state index contributed by atoms with van der Waals surface area (Å²) in [6.07, 6.45) is 5.52. The van der Waals surface area contributed by atoms with E-state index < -0.39 is 0 Å². The predicted molar refractivity (Wildman–Crippen MR) is 302 cm³/mol. The van der Waals surface area contributed by atoms with Crippen LogP contribution < -0.4 is 19.6 Å². The molecule has 340 valence electrons. The molecule has 0 saturated heterocycles. The van der Waals surface area contributed by atoms with Crippen molar-refractivity contribution in [1.29, 1.82) is 0 Å². The van der Waals surface area contributed by atoms with Crippen molar-refractivity contribution in [1.82, 2.24) is 0 Å². The molecule has 0 heterocycles. The molecule has 1 aliphatic rings. The molecule has 0 bridgehead atoms. The second-order valence-electron chi connectivity index (χ2n) is 18.3. The molecule has 4 heteroatoms. The zero-order valence-electron chi connectivity index (χ0n) is 39.6. The summed E-state index contributed by atoms with van der Waals surface area (Å²) in [6, 6.07) is 96.3. The van der Waals surface area contributed by atoms with E-state index in [1.807, 2.05) is 0 Å². The van der Waals surface area contributed by atoms with Crippen LogP contribution in [0, 0.1) is 5.92 Å². The highest BCUT2D eigenvalue weighted by molar-refractivity contribution is 5.92. The summed E-state index contributed by atoms with van der Waals surface area (Å²) in [5.74, 6) is 0.165. The van der Waals surface area contributed by atoms with Crippen LogP contribution >= 0.6 is 0 Å². The first-order valence-electron chi connectivity index (χ1n) is 24.5. The van der Waals surface area contributed by atoms with Gasteiger partial charge in [0.1, 0.15) is 0 Å². The van der Waals surface area contributed by atoms with Crippen LogP contribution in [0.2, 0.25) is 0 Å². The Morgan fingerprint density at radius 3 is 0.901 bits per heavy atom. The van der Waals surface area contributed by atoms with E-state index in [0.29, 0.717) is 0 Å². The van der Waals surface area contributed by atoms with Crippen LogP contribution in [0.3, 0.4) is 0 Å². The predicted octanol–water partition coefficient (Wildman–Crippen LogP) is 18.9. The van der Waals surface area contributed by atoms with Crippen LogP contribution in [0.4, 0.5) is 56.9 Å². The topological polar surface area (TPSA) is 13.0 Å². The summed E-state index contributed by atoms with van der Waals surface area (Å²) in [6.45, 7) is 2.37. The van der Waals surface area contributed by atoms with E-state index in [4.69, 9.17) is 0 Å². The third-order valence-corrected chi connectivity index (χ3v) is 13.8. The first-order valence-corrected chi connectivity index (χ1v) is 24.5. The third-order valence-electron chi connectivity index (χ3n) is 13.8. The van der Waals surface area contributed by atoms with Gasteiger partial charge in [-0.05, 0) is 172 Å². The van der Waals surface area contributed by atoms with Gasteiger partial charge in [0.05, 0.1) is 0 Å². The molecule has 1 unspecified atom stereocenters. The lowest BCUT2D eigenvalue weighted by Gasteiger charge is -2.37. The van der Waals surface area contributed by atoms with Crippen molar-refractivity contribution in [3.05, 3.63) is 290 Å². The van der Waals surface area contributed by atoms with Gasteiger partial charge in [0.15, 0.2) is 0 Å². The van der Waals surface area contributed by atoms with Crippen molar-refractivity contribution in [3.63, 3.8) is 0 Å². The number of nitrogens with zero attached hydrogens (tertiary/aromatic N) is 4. The molecule has 11 aromatic rings. The van der Waals surface area contributed by atoms with Gasteiger partial charge in [-0.1, -0.05) is 153 Å². The SMILES string of the molecule is CC1CC(N(c2ccccc2)c2ccc3ccccc3c2)=CC=C1N(c1ccc(N(c2ccccc2)c2ccc3ccccc3c2)cc1)c1ccc(N(c2ccccc2)c2ccc3ccccc3c2)cc1. The van der Waals surface area contributed by atoms with Crippen molar-refractivity contribution in [2.24, 2.45) is 5.92 Å². The number of hydrogen-bond acceptors (Lipinski definition) is 4. The first-order chi connectivity index (χ1) is 35.1. The summed E-state index contributed by atoms with van der Waals surface area (Å²) in [5.41, 5.74) is 13.5. The van der Waals surface area contributed by atoms with Crippen molar-refractivity contribution in [2.75, 3.05) is 19.6 Å². The molecular formula is C67H52N4. The molecule has 4 nitrogen and oxygen atoms in total. The van der Waals surface area contributed by atoms with Crippen molar-refractivity contribution in [3.8, 4) is 0 Å². The number of para-hydroxylation sites is 3. The molecule has 1 atom stereocenters. The second-order valence-corrected chi connectivity index (χ2v) is 18.3. The van der Waals surface area contributed by atoms with Crippen LogP contribution in [0.5, 0.6) is 0 Å². The highest BCUT2D eigenvalue weighted by atomic mass is 15.2. The van der Waals surface area contributed by atoms with Crippen molar-refractivity contribution in [2.45, 2.75) is 13.3 Å². The molecule has 0 radical (unpaired) electrons. The minimum atomic E-state index is 0.165. The average Bonchev–Trinajstić information content (AvgIpc) is 3.43. The monoisotopic (exact) mass is 912 g/mol. The Morgan fingerprint density at radius 1 is 0.254 bits per heavy atom. The van der Waals surface area contributed by atoms with Gasteiger partial charge in [-0.15, -0.1) is 0 Å².